The first-order valence-electron chi connectivity index (χ1n) is 8.64. The topological polar surface area (TPSA) is 84.5 Å². The maximum Gasteiger partial charge on any atom is 0.308 e. The molecule has 0 heterocycles. The summed E-state index contributed by atoms with van der Waals surface area (Å²) in [5.41, 5.74) is 1.48. The van der Waals surface area contributed by atoms with Gasteiger partial charge in [0.25, 0.3) is 11.8 Å². The molecule has 2 N–H and O–H groups in total. The van der Waals surface area contributed by atoms with Crippen molar-refractivity contribution in [3.8, 4) is 0 Å². The predicted molar refractivity (Wildman–Crippen MR) is 108 cm³/mol. The van der Waals surface area contributed by atoms with Gasteiger partial charge in [-0.1, -0.05) is 35.3 Å². The van der Waals surface area contributed by atoms with Gasteiger partial charge >= 0.3 is 5.97 Å². The Morgan fingerprint density at radius 3 is 2.07 bits per heavy atom. The minimum Gasteiger partial charge on any atom is -0.456 e. The summed E-state index contributed by atoms with van der Waals surface area (Å²) < 4.78 is 4.89. The molecule has 0 aliphatic heterocycles. The van der Waals surface area contributed by atoms with E-state index in [9.17, 15) is 14.4 Å². The number of carbonyl (C=O) groups is 3. The summed E-state index contributed by atoms with van der Waals surface area (Å²) in [4.78, 5) is 35.2. The SMILES string of the molecule is O=C(COC(=O)CCNC(=O)c1ccc(Cl)cc1)NCCc1ccc(Cl)cc1. The lowest BCUT2D eigenvalue weighted by Crippen LogP contribution is -2.31. The van der Waals surface area contributed by atoms with Crippen LogP contribution in [0.1, 0.15) is 22.3 Å². The van der Waals surface area contributed by atoms with E-state index in [-0.39, 0.29) is 31.4 Å². The van der Waals surface area contributed by atoms with E-state index in [1.165, 1.54) is 0 Å². The van der Waals surface area contributed by atoms with Gasteiger partial charge in [0, 0.05) is 28.7 Å². The second-order valence-electron chi connectivity index (χ2n) is 5.90. The van der Waals surface area contributed by atoms with E-state index in [0.29, 0.717) is 28.6 Å². The molecule has 0 radical (unpaired) electrons. The Hall–Kier alpha value is -2.57. The number of halogens is 2. The van der Waals surface area contributed by atoms with E-state index in [2.05, 4.69) is 10.6 Å². The highest BCUT2D eigenvalue weighted by Crippen LogP contribution is 2.10. The molecule has 28 heavy (non-hydrogen) atoms. The molecule has 2 aromatic rings. The van der Waals surface area contributed by atoms with Crippen molar-refractivity contribution in [3.63, 3.8) is 0 Å². The van der Waals surface area contributed by atoms with Gasteiger partial charge in [0.1, 0.15) is 0 Å². The average molecular weight is 423 g/mol. The number of hydrogen-bond donors (Lipinski definition) is 2. The third-order valence-electron chi connectivity index (χ3n) is 3.73. The second kappa shape index (κ2) is 11.3. The van der Waals surface area contributed by atoms with Gasteiger partial charge in [-0.3, -0.25) is 14.4 Å². The standard InChI is InChI=1S/C20H20Cl2N2O4/c21-16-5-1-14(2-6-16)9-11-23-18(25)13-28-19(26)10-12-24-20(27)15-3-7-17(22)8-4-15/h1-8H,9-13H2,(H,23,25)(H,24,27). The summed E-state index contributed by atoms with van der Waals surface area (Å²) in [5, 5.41) is 6.46. The molecule has 0 saturated carbocycles. The van der Waals surface area contributed by atoms with Crippen LogP contribution in [0.4, 0.5) is 0 Å². The minimum absolute atomic E-state index is 0.0304. The van der Waals surface area contributed by atoms with Crippen LogP contribution in [-0.2, 0) is 20.7 Å². The van der Waals surface area contributed by atoms with Crippen LogP contribution in [-0.4, -0.2) is 37.5 Å². The monoisotopic (exact) mass is 422 g/mol. The Kier molecular flexibility index (Phi) is 8.78. The molecule has 2 rings (SSSR count). The zero-order valence-electron chi connectivity index (χ0n) is 15.0. The fraction of sp³-hybridized carbons (Fsp3) is 0.250. The van der Waals surface area contributed by atoms with Gasteiger partial charge in [-0.05, 0) is 48.4 Å². The fourth-order valence-electron chi connectivity index (χ4n) is 2.25. The highest BCUT2D eigenvalue weighted by molar-refractivity contribution is 6.30. The molecule has 148 valence electrons. The minimum atomic E-state index is -0.566. The molecule has 2 amide bonds. The molecule has 0 spiro atoms. The first kappa shape index (κ1) is 21.7. The number of benzene rings is 2. The normalized spacial score (nSPS) is 10.2. The number of carbonyl (C=O) groups excluding carboxylic acids is 3. The Morgan fingerprint density at radius 2 is 1.43 bits per heavy atom. The second-order valence-corrected chi connectivity index (χ2v) is 6.77. The maximum atomic E-state index is 11.9. The number of esters is 1. The van der Waals surface area contributed by atoms with Crippen LogP contribution in [0.5, 0.6) is 0 Å². The van der Waals surface area contributed by atoms with Gasteiger partial charge in [0.15, 0.2) is 6.61 Å². The van der Waals surface area contributed by atoms with E-state index >= 15 is 0 Å². The van der Waals surface area contributed by atoms with Gasteiger partial charge in [-0.25, -0.2) is 0 Å². The summed E-state index contributed by atoms with van der Waals surface area (Å²) in [6, 6.07) is 13.7. The molecule has 8 heteroatoms. The van der Waals surface area contributed by atoms with Gasteiger partial charge in [0.2, 0.25) is 0 Å². The lowest BCUT2D eigenvalue weighted by atomic mass is 10.1. The van der Waals surface area contributed by atoms with E-state index < -0.39 is 5.97 Å². The Bertz CT molecular complexity index is 808. The predicted octanol–water partition coefficient (Wildman–Crippen LogP) is 3.02. The van der Waals surface area contributed by atoms with Crippen molar-refractivity contribution in [2.45, 2.75) is 12.8 Å². The summed E-state index contributed by atoms with van der Waals surface area (Å²) in [7, 11) is 0. The summed E-state index contributed by atoms with van der Waals surface area (Å²) in [6.45, 7) is 0.179. The Balaban J connectivity index is 1.57. The number of nitrogens with one attached hydrogen (secondary N) is 2. The fourth-order valence-corrected chi connectivity index (χ4v) is 2.50. The van der Waals surface area contributed by atoms with E-state index in [0.717, 1.165) is 5.56 Å². The molecule has 0 atom stereocenters. The Labute approximate surface area is 173 Å². The molecular formula is C20H20Cl2N2O4. The average Bonchev–Trinajstić information content (AvgIpc) is 2.68. The molecule has 2 aromatic carbocycles. The number of hydrogen-bond acceptors (Lipinski definition) is 4. The van der Waals surface area contributed by atoms with Crippen LogP contribution in [0.25, 0.3) is 0 Å². The number of ether oxygens (including phenoxy) is 1. The molecule has 0 saturated heterocycles. The molecule has 0 unspecified atom stereocenters. The molecule has 0 aliphatic carbocycles. The third kappa shape index (κ3) is 7.98. The third-order valence-corrected chi connectivity index (χ3v) is 4.24. The van der Waals surface area contributed by atoms with Crippen molar-refractivity contribution in [1.82, 2.24) is 10.6 Å². The first-order valence-corrected chi connectivity index (χ1v) is 9.40. The quantitative estimate of drug-likeness (QED) is 0.608. The summed E-state index contributed by atoms with van der Waals surface area (Å²) >= 11 is 11.6. The molecule has 6 nitrogen and oxygen atoms in total. The van der Waals surface area contributed by atoms with Gasteiger partial charge in [0.05, 0.1) is 6.42 Å². The summed E-state index contributed by atoms with van der Waals surface area (Å²) in [6.07, 6.45) is 0.616. The molecule has 0 aliphatic rings. The first-order chi connectivity index (χ1) is 13.4. The van der Waals surface area contributed by atoms with Crippen molar-refractivity contribution in [2.75, 3.05) is 19.7 Å². The molecule has 0 aromatic heterocycles. The summed E-state index contributed by atoms with van der Waals surface area (Å²) in [5.74, 6) is -1.26. The molecule has 0 fully saturated rings. The lowest BCUT2D eigenvalue weighted by molar-refractivity contribution is -0.148. The van der Waals surface area contributed by atoms with Gasteiger partial charge < -0.3 is 15.4 Å². The van der Waals surface area contributed by atoms with E-state index in [1.54, 1.807) is 36.4 Å². The van der Waals surface area contributed by atoms with Crippen LogP contribution in [0.2, 0.25) is 10.0 Å². The zero-order chi connectivity index (χ0) is 20.4. The van der Waals surface area contributed by atoms with Crippen molar-refractivity contribution < 1.29 is 19.1 Å². The van der Waals surface area contributed by atoms with Gasteiger partial charge in [-0.2, -0.15) is 0 Å². The lowest BCUT2D eigenvalue weighted by Gasteiger charge is -2.08. The van der Waals surface area contributed by atoms with Crippen LogP contribution >= 0.6 is 23.2 Å². The maximum absolute atomic E-state index is 11.9. The smallest absolute Gasteiger partial charge is 0.308 e. The van der Waals surface area contributed by atoms with Crippen LogP contribution < -0.4 is 10.6 Å². The number of rotatable bonds is 9. The largest absolute Gasteiger partial charge is 0.456 e. The van der Waals surface area contributed by atoms with Crippen molar-refractivity contribution in [1.29, 1.82) is 0 Å². The molecular weight excluding hydrogens is 403 g/mol. The van der Waals surface area contributed by atoms with Crippen molar-refractivity contribution in [3.05, 3.63) is 69.7 Å². The Morgan fingerprint density at radius 1 is 0.821 bits per heavy atom. The van der Waals surface area contributed by atoms with Gasteiger partial charge in [-0.15, -0.1) is 0 Å². The number of amides is 2. The molecule has 0 bridgehead atoms. The zero-order valence-corrected chi connectivity index (χ0v) is 16.6. The van der Waals surface area contributed by atoms with Crippen LogP contribution in [0.15, 0.2) is 48.5 Å². The van der Waals surface area contributed by atoms with E-state index in [1.807, 2.05) is 12.1 Å². The van der Waals surface area contributed by atoms with Crippen LogP contribution in [0, 0.1) is 0 Å². The van der Waals surface area contributed by atoms with Crippen molar-refractivity contribution >= 4 is 41.0 Å². The van der Waals surface area contributed by atoms with Crippen LogP contribution in [0.3, 0.4) is 0 Å². The highest BCUT2D eigenvalue weighted by atomic mass is 35.5. The highest BCUT2D eigenvalue weighted by Gasteiger charge is 2.09. The van der Waals surface area contributed by atoms with Crippen molar-refractivity contribution in [2.24, 2.45) is 0 Å². The van der Waals surface area contributed by atoms with E-state index in [4.69, 9.17) is 27.9 Å².